The van der Waals surface area contributed by atoms with E-state index in [1.807, 2.05) is 59.1 Å². The molecule has 2 heterocycles. The van der Waals surface area contributed by atoms with Gasteiger partial charge in [0.15, 0.2) is 6.61 Å². The second-order valence-electron chi connectivity index (χ2n) is 6.50. The maximum Gasteiger partial charge on any atom is 0.260 e. The number of hydrogen-bond acceptors (Lipinski definition) is 4. The molecule has 3 aromatic rings. The highest BCUT2D eigenvalue weighted by molar-refractivity contribution is 5.84. The molecule has 26 heavy (non-hydrogen) atoms. The van der Waals surface area contributed by atoms with E-state index in [4.69, 9.17) is 4.74 Å². The first-order valence-corrected chi connectivity index (χ1v) is 8.82. The van der Waals surface area contributed by atoms with Crippen LogP contribution in [0.15, 0.2) is 54.9 Å². The summed E-state index contributed by atoms with van der Waals surface area (Å²) in [6.07, 6.45) is 3.73. The lowest BCUT2D eigenvalue weighted by Gasteiger charge is -2.35. The monoisotopic (exact) mass is 350 g/mol. The molecule has 2 aromatic carbocycles. The number of fused-ring (bicyclic) bond motifs is 1. The minimum atomic E-state index is 0.0256. The number of carbonyl (C=O) groups is 1. The Bertz CT molecular complexity index is 913. The molecule has 1 fully saturated rings. The van der Waals surface area contributed by atoms with Gasteiger partial charge in [-0.25, -0.2) is 4.98 Å². The van der Waals surface area contributed by atoms with Crippen molar-refractivity contribution in [3.8, 4) is 5.75 Å². The summed E-state index contributed by atoms with van der Waals surface area (Å²) in [5.74, 6) is 1.70. The van der Waals surface area contributed by atoms with Gasteiger partial charge < -0.3 is 19.1 Å². The van der Waals surface area contributed by atoms with Crippen molar-refractivity contribution in [3.05, 3.63) is 54.9 Å². The van der Waals surface area contributed by atoms with Crippen molar-refractivity contribution in [2.75, 3.05) is 37.7 Å². The van der Waals surface area contributed by atoms with Gasteiger partial charge >= 0.3 is 0 Å². The maximum absolute atomic E-state index is 12.5. The summed E-state index contributed by atoms with van der Waals surface area (Å²) in [7, 11) is 1.98. The SMILES string of the molecule is Cn1ccnc1N1CCN(C(=O)COc2ccc3ccccc3c2)CC1. The molecule has 0 bridgehead atoms. The summed E-state index contributed by atoms with van der Waals surface area (Å²) in [6.45, 7) is 3.01. The third-order valence-corrected chi connectivity index (χ3v) is 4.79. The number of carbonyl (C=O) groups excluding carboxylic acids is 1. The second kappa shape index (κ2) is 7.07. The zero-order valence-corrected chi connectivity index (χ0v) is 14.8. The lowest BCUT2D eigenvalue weighted by Crippen LogP contribution is -2.50. The molecule has 6 nitrogen and oxygen atoms in total. The molecule has 6 heteroatoms. The van der Waals surface area contributed by atoms with Crippen molar-refractivity contribution >= 4 is 22.6 Å². The van der Waals surface area contributed by atoms with E-state index in [1.165, 1.54) is 0 Å². The number of rotatable bonds is 4. The van der Waals surface area contributed by atoms with Crippen LogP contribution in [-0.2, 0) is 11.8 Å². The standard InChI is InChI=1S/C20H22N4O2/c1-22-9-8-21-20(22)24-12-10-23(11-13-24)19(25)15-26-18-7-6-16-4-2-3-5-17(16)14-18/h2-9,14H,10-13,15H2,1H3. The zero-order valence-electron chi connectivity index (χ0n) is 14.8. The highest BCUT2D eigenvalue weighted by Crippen LogP contribution is 2.20. The predicted molar refractivity (Wildman–Crippen MR) is 101 cm³/mol. The minimum absolute atomic E-state index is 0.0256. The van der Waals surface area contributed by atoms with Gasteiger partial charge in [0.25, 0.3) is 5.91 Å². The molecule has 0 unspecified atom stereocenters. The first-order chi connectivity index (χ1) is 12.7. The third kappa shape index (κ3) is 3.35. The Morgan fingerprint density at radius 2 is 1.85 bits per heavy atom. The van der Waals surface area contributed by atoms with Crippen molar-refractivity contribution in [1.29, 1.82) is 0 Å². The van der Waals surface area contributed by atoms with E-state index in [1.54, 1.807) is 6.20 Å². The average molecular weight is 350 g/mol. The zero-order chi connectivity index (χ0) is 17.9. The number of aromatic nitrogens is 2. The third-order valence-electron chi connectivity index (χ3n) is 4.79. The number of anilines is 1. The highest BCUT2D eigenvalue weighted by Gasteiger charge is 2.23. The first kappa shape index (κ1) is 16.4. The Morgan fingerprint density at radius 3 is 2.58 bits per heavy atom. The smallest absolute Gasteiger partial charge is 0.260 e. The lowest BCUT2D eigenvalue weighted by atomic mass is 10.1. The summed E-state index contributed by atoms with van der Waals surface area (Å²) < 4.78 is 7.73. The molecular weight excluding hydrogens is 328 g/mol. The molecule has 4 rings (SSSR count). The van der Waals surface area contributed by atoms with Gasteiger partial charge in [0.05, 0.1) is 0 Å². The molecule has 0 atom stereocenters. The second-order valence-corrected chi connectivity index (χ2v) is 6.50. The quantitative estimate of drug-likeness (QED) is 0.724. The fourth-order valence-electron chi connectivity index (χ4n) is 3.31. The van der Waals surface area contributed by atoms with Crippen LogP contribution in [0.2, 0.25) is 0 Å². The van der Waals surface area contributed by atoms with Gasteiger partial charge in [-0.05, 0) is 22.9 Å². The maximum atomic E-state index is 12.5. The molecule has 1 amide bonds. The number of imidazole rings is 1. The molecule has 0 aliphatic carbocycles. The van der Waals surface area contributed by atoms with Crippen LogP contribution >= 0.6 is 0 Å². The largest absolute Gasteiger partial charge is 0.484 e. The fourth-order valence-corrected chi connectivity index (χ4v) is 3.31. The van der Waals surface area contributed by atoms with Crippen molar-refractivity contribution in [2.45, 2.75) is 0 Å². The molecule has 0 N–H and O–H groups in total. The van der Waals surface area contributed by atoms with Gasteiger partial charge in [0.2, 0.25) is 5.95 Å². The van der Waals surface area contributed by atoms with Gasteiger partial charge in [-0.1, -0.05) is 30.3 Å². The predicted octanol–water partition coefficient (Wildman–Crippen LogP) is 2.30. The molecular formula is C20H22N4O2. The highest BCUT2D eigenvalue weighted by atomic mass is 16.5. The summed E-state index contributed by atoms with van der Waals surface area (Å²) >= 11 is 0. The summed E-state index contributed by atoms with van der Waals surface area (Å²) in [5, 5.41) is 2.28. The molecule has 0 spiro atoms. The molecule has 1 saturated heterocycles. The van der Waals surface area contributed by atoms with Crippen LogP contribution < -0.4 is 9.64 Å². The van der Waals surface area contributed by atoms with Gasteiger partial charge in [0, 0.05) is 45.6 Å². The minimum Gasteiger partial charge on any atom is -0.484 e. The van der Waals surface area contributed by atoms with E-state index < -0.39 is 0 Å². The summed E-state index contributed by atoms with van der Waals surface area (Å²) in [6, 6.07) is 14.0. The topological polar surface area (TPSA) is 50.6 Å². The Kier molecular flexibility index (Phi) is 4.48. The Labute approximate surface area is 152 Å². The van der Waals surface area contributed by atoms with E-state index in [0.717, 1.165) is 35.6 Å². The molecule has 0 radical (unpaired) electrons. The van der Waals surface area contributed by atoms with Crippen LogP contribution in [0.3, 0.4) is 0 Å². The summed E-state index contributed by atoms with van der Waals surface area (Å²) in [5.41, 5.74) is 0. The Balaban J connectivity index is 1.32. The summed E-state index contributed by atoms with van der Waals surface area (Å²) in [4.78, 5) is 20.9. The molecule has 134 valence electrons. The number of piperazine rings is 1. The van der Waals surface area contributed by atoms with Crippen molar-refractivity contribution < 1.29 is 9.53 Å². The number of ether oxygens (including phenoxy) is 1. The van der Waals surface area contributed by atoms with Crippen molar-refractivity contribution in [2.24, 2.45) is 7.05 Å². The van der Waals surface area contributed by atoms with Crippen molar-refractivity contribution in [3.63, 3.8) is 0 Å². The van der Waals surface area contributed by atoms with Crippen LogP contribution in [0.25, 0.3) is 10.8 Å². The van der Waals surface area contributed by atoms with E-state index in [9.17, 15) is 4.79 Å². The number of amides is 1. The Hall–Kier alpha value is -3.02. The van der Waals surface area contributed by atoms with Crippen molar-refractivity contribution in [1.82, 2.24) is 14.5 Å². The number of aryl methyl sites for hydroxylation is 1. The molecule has 1 aliphatic rings. The van der Waals surface area contributed by atoms with E-state index in [2.05, 4.69) is 16.0 Å². The van der Waals surface area contributed by atoms with Crippen LogP contribution in [0.1, 0.15) is 0 Å². The molecule has 1 aromatic heterocycles. The van der Waals surface area contributed by atoms with Gasteiger partial charge in [-0.2, -0.15) is 0 Å². The van der Waals surface area contributed by atoms with Gasteiger partial charge in [-0.15, -0.1) is 0 Å². The molecule has 0 saturated carbocycles. The van der Waals surface area contributed by atoms with Crippen LogP contribution in [0.4, 0.5) is 5.95 Å². The lowest BCUT2D eigenvalue weighted by molar-refractivity contribution is -0.133. The molecule has 1 aliphatic heterocycles. The number of nitrogens with zero attached hydrogens (tertiary/aromatic N) is 4. The van der Waals surface area contributed by atoms with E-state index in [0.29, 0.717) is 13.1 Å². The van der Waals surface area contributed by atoms with Gasteiger partial charge in [-0.3, -0.25) is 4.79 Å². The van der Waals surface area contributed by atoms with E-state index >= 15 is 0 Å². The Morgan fingerprint density at radius 1 is 1.08 bits per heavy atom. The number of hydrogen-bond donors (Lipinski definition) is 0. The fraction of sp³-hybridized carbons (Fsp3) is 0.300. The van der Waals surface area contributed by atoms with Crippen LogP contribution in [0.5, 0.6) is 5.75 Å². The normalized spacial score (nSPS) is 14.7. The van der Waals surface area contributed by atoms with Crippen LogP contribution in [-0.4, -0.2) is 53.1 Å². The number of benzene rings is 2. The average Bonchev–Trinajstić information content (AvgIpc) is 3.12. The van der Waals surface area contributed by atoms with Crippen LogP contribution in [0, 0.1) is 0 Å². The van der Waals surface area contributed by atoms with E-state index in [-0.39, 0.29) is 12.5 Å². The van der Waals surface area contributed by atoms with Gasteiger partial charge in [0.1, 0.15) is 5.75 Å². The first-order valence-electron chi connectivity index (χ1n) is 8.82.